The van der Waals surface area contributed by atoms with Gasteiger partial charge in [0.2, 0.25) is 0 Å². The lowest BCUT2D eigenvalue weighted by Crippen LogP contribution is -2.55. The number of hydrogen-bond acceptors (Lipinski definition) is 5. The van der Waals surface area contributed by atoms with E-state index in [9.17, 15) is 0 Å². The summed E-state index contributed by atoms with van der Waals surface area (Å²) in [5.74, 6) is 0. The maximum absolute atomic E-state index is 5.59. The normalized spacial score (nSPS) is 27.4. The molecule has 0 radical (unpaired) electrons. The Balaban J connectivity index is 2.10. The third-order valence-electron chi connectivity index (χ3n) is 3.38. The van der Waals surface area contributed by atoms with Gasteiger partial charge in [-0.05, 0) is 20.9 Å². The standard InChI is InChI=1S/C11H20N4S/c1-8-5-15(6-9(2)14(8)3)11-13-10(4-12)7-16-11/h7-9H,4-6,12H2,1-3H3. The summed E-state index contributed by atoms with van der Waals surface area (Å²) < 4.78 is 0. The molecule has 2 atom stereocenters. The summed E-state index contributed by atoms with van der Waals surface area (Å²) in [4.78, 5) is 9.35. The van der Waals surface area contributed by atoms with Gasteiger partial charge in [-0.3, -0.25) is 4.90 Å². The van der Waals surface area contributed by atoms with Crippen molar-refractivity contribution in [2.75, 3.05) is 25.0 Å². The van der Waals surface area contributed by atoms with E-state index >= 15 is 0 Å². The number of likely N-dealkylation sites (N-methyl/N-ethyl adjacent to an activating group) is 1. The van der Waals surface area contributed by atoms with Crippen LogP contribution in [0, 0.1) is 0 Å². The second-order valence-corrected chi connectivity index (χ2v) is 5.43. The van der Waals surface area contributed by atoms with Gasteiger partial charge in [0.05, 0.1) is 5.69 Å². The third-order valence-corrected chi connectivity index (χ3v) is 4.33. The van der Waals surface area contributed by atoms with Crippen molar-refractivity contribution in [2.45, 2.75) is 32.5 Å². The molecule has 0 aliphatic carbocycles. The summed E-state index contributed by atoms with van der Waals surface area (Å²) in [7, 11) is 2.19. The van der Waals surface area contributed by atoms with Gasteiger partial charge in [0.1, 0.15) is 0 Å². The summed E-state index contributed by atoms with van der Waals surface area (Å²) in [6.07, 6.45) is 0. The first kappa shape index (κ1) is 11.8. The Bertz CT molecular complexity index is 340. The lowest BCUT2D eigenvalue weighted by atomic mass is 10.1. The Labute approximate surface area is 101 Å². The summed E-state index contributed by atoms with van der Waals surface area (Å²) >= 11 is 1.70. The number of piperazine rings is 1. The number of nitrogens with zero attached hydrogens (tertiary/aromatic N) is 3. The summed E-state index contributed by atoms with van der Waals surface area (Å²) in [6.45, 7) is 7.17. The molecule has 90 valence electrons. The Kier molecular flexibility index (Phi) is 3.47. The molecule has 0 bridgehead atoms. The topological polar surface area (TPSA) is 45.4 Å². The Morgan fingerprint density at radius 2 is 2.06 bits per heavy atom. The molecule has 1 saturated heterocycles. The predicted molar refractivity (Wildman–Crippen MR) is 68.9 cm³/mol. The van der Waals surface area contributed by atoms with Crippen LogP contribution in [0.25, 0.3) is 0 Å². The second-order valence-electron chi connectivity index (χ2n) is 4.59. The van der Waals surface area contributed by atoms with E-state index in [-0.39, 0.29) is 0 Å². The summed E-state index contributed by atoms with van der Waals surface area (Å²) in [5, 5.41) is 3.18. The van der Waals surface area contributed by atoms with Crippen molar-refractivity contribution in [1.82, 2.24) is 9.88 Å². The highest BCUT2D eigenvalue weighted by Gasteiger charge is 2.27. The highest BCUT2D eigenvalue weighted by Crippen LogP contribution is 2.24. The smallest absolute Gasteiger partial charge is 0.185 e. The van der Waals surface area contributed by atoms with E-state index in [2.05, 4.69) is 41.1 Å². The lowest BCUT2D eigenvalue weighted by Gasteiger charge is -2.42. The Hall–Kier alpha value is -0.650. The molecule has 1 fully saturated rings. The zero-order valence-electron chi connectivity index (χ0n) is 10.2. The fourth-order valence-electron chi connectivity index (χ4n) is 2.10. The van der Waals surface area contributed by atoms with Gasteiger partial charge in [-0.25, -0.2) is 4.98 Å². The molecular weight excluding hydrogens is 220 g/mol. The molecule has 0 saturated carbocycles. The largest absolute Gasteiger partial charge is 0.345 e. The van der Waals surface area contributed by atoms with E-state index < -0.39 is 0 Å². The van der Waals surface area contributed by atoms with Gasteiger partial charge in [-0.1, -0.05) is 0 Å². The van der Waals surface area contributed by atoms with Crippen LogP contribution < -0.4 is 10.6 Å². The van der Waals surface area contributed by atoms with Crippen molar-refractivity contribution in [3.05, 3.63) is 11.1 Å². The molecule has 4 nitrogen and oxygen atoms in total. The van der Waals surface area contributed by atoms with Crippen LogP contribution in [0.5, 0.6) is 0 Å². The zero-order valence-corrected chi connectivity index (χ0v) is 11.0. The van der Waals surface area contributed by atoms with Gasteiger partial charge in [-0.15, -0.1) is 11.3 Å². The minimum absolute atomic E-state index is 0.537. The summed E-state index contributed by atoms with van der Waals surface area (Å²) in [5.41, 5.74) is 6.59. The first-order chi connectivity index (χ1) is 7.61. The third kappa shape index (κ3) is 2.21. The van der Waals surface area contributed by atoms with E-state index in [0.29, 0.717) is 18.6 Å². The quantitative estimate of drug-likeness (QED) is 0.842. The molecule has 16 heavy (non-hydrogen) atoms. The molecule has 2 unspecified atom stereocenters. The van der Waals surface area contributed by atoms with Crippen molar-refractivity contribution in [3.8, 4) is 0 Å². The molecule has 0 spiro atoms. The number of nitrogens with two attached hydrogens (primary N) is 1. The molecule has 1 aliphatic heterocycles. The molecule has 1 aromatic rings. The fraction of sp³-hybridized carbons (Fsp3) is 0.727. The van der Waals surface area contributed by atoms with Crippen LogP contribution >= 0.6 is 11.3 Å². The van der Waals surface area contributed by atoms with Gasteiger partial charge in [0.15, 0.2) is 5.13 Å². The molecular formula is C11H20N4S. The Morgan fingerprint density at radius 3 is 2.56 bits per heavy atom. The number of hydrogen-bond donors (Lipinski definition) is 1. The van der Waals surface area contributed by atoms with Crippen molar-refractivity contribution in [3.63, 3.8) is 0 Å². The number of thiazole rings is 1. The molecule has 2 rings (SSSR count). The molecule has 1 aliphatic rings. The maximum atomic E-state index is 5.59. The van der Waals surface area contributed by atoms with Crippen molar-refractivity contribution >= 4 is 16.5 Å². The lowest BCUT2D eigenvalue weighted by molar-refractivity contribution is 0.170. The molecule has 2 N–H and O–H groups in total. The van der Waals surface area contributed by atoms with Gasteiger partial charge in [0.25, 0.3) is 0 Å². The van der Waals surface area contributed by atoms with Crippen LogP contribution in [0.4, 0.5) is 5.13 Å². The molecule has 0 aromatic carbocycles. The highest BCUT2D eigenvalue weighted by molar-refractivity contribution is 7.13. The van der Waals surface area contributed by atoms with Crippen molar-refractivity contribution < 1.29 is 0 Å². The van der Waals surface area contributed by atoms with Gasteiger partial charge in [-0.2, -0.15) is 0 Å². The van der Waals surface area contributed by atoms with Crippen LogP contribution in [-0.2, 0) is 6.54 Å². The molecule has 0 amide bonds. The number of anilines is 1. The van der Waals surface area contributed by atoms with Crippen LogP contribution in [0.1, 0.15) is 19.5 Å². The first-order valence-corrected chi connectivity index (χ1v) is 6.61. The predicted octanol–water partition coefficient (Wildman–Crippen LogP) is 1.13. The second kappa shape index (κ2) is 4.69. The number of rotatable bonds is 2. The van der Waals surface area contributed by atoms with E-state index in [1.165, 1.54) is 0 Å². The highest BCUT2D eigenvalue weighted by atomic mass is 32.1. The SMILES string of the molecule is CC1CN(c2nc(CN)cs2)CC(C)N1C. The minimum Gasteiger partial charge on any atom is -0.345 e. The van der Waals surface area contributed by atoms with Crippen LogP contribution in [0.2, 0.25) is 0 Å². The molecule has 2 heterocycles. The first-order valence-electron chi connectivity index (χ1n) is 5.73. The average molecular weight is 240 g/mol. The van der Waals surface area contributed by atoms with E-state index in [1.807, 2.05) is 0 Å². The number of aromatic nitrogens is 1. The average Bonchev–Trinajstić information content (AvgIpc) is 2.73. The van der Waals surface area contributed by atoms with Crippen molar-refractivity contribution in [2.24, 2.45) is 5.73 Å². The summed E-state index contributed by atoms with van der Waals surface area (Å²) in [6, 6.07) is 1.16. The van der Waals surface area contributed by atoms with Crippen LogP contribution in [-0.4, -0.2) is 42.1 Å². The van der Waals surface area contributed by atoms with E-state index in [1.54, 1.807) is 11.3 Å². The van der Waals surface area contributed by atoms with Gasteiger partial charge >= 0.3 is 0 Å². The Morgan fingerprint density at radius 1 is 1.44 bits per heavy atom. The maximum Gasteiger partial charge on any atom is 0.185 e. The van der Waals surface area contributed by atoms with Gasteiger partial charge < -0.3 is 10.6 Å². The molecule has 5 heteroatoms. The van der Waals surface area contributed by atoms with Gasteiger partial charge in [0, 0.05) is 37.1 Å². The van der Waals surface area contributed by atoms with Crippen LogP contribution in [0.3, 0.4) is 0 Å². The van der Waals surface area contributed by atoms with Crippen LogP contribution in [0.15, 0.2) is 5.38 Å². The molecule has 1 aromatic heterocycles. The van der Waals surface area contributed by atoms with Crippen molar-refractivity contribution in [1.29, 1.82) is 0 Å². The van der Waals surface area contributed by atoms with E-state index in [0.717, 1.165) is 23.9 Å². The van der Waals surface area contributed by atoms with E-state index in [4.69, 9.17) is 5.73 Å². The minimum atomic E-state index is 0.537. The monoisotopic (exact) mass is 240 g/mol. The fourth-order valence-corrected chi connectivity index (χ4v) is 2.95. The zero-order chi connectivity index (χ0) is 11.7.